The number of hydrogen-bond donors (Lipinski definition) is 2. The Morgan fingerprint density at radius 1 is 1.20 bits per heavy atom. The summed E-state index contributed by atoms with van der Waals surface area (Å²) in [6.07, 6.45) is 0. The molecule has 0 unspecified atom stereocenters. The number of nitrogens with zero attached hydrogens (tertiary/aromatic N) is 1. The Labute approximate surface area is 116 Å². The second-order valence-corrected chi connectivity index (χ2v) is 4.82. The number of anilines is 1. The van der Waals surface area contributed by atoms with Gasteiger partial charge in [-0.1, -0.05) is 12.1 Å². The van der Waals surface area contributed by atoms with Crippen molar-refractivity contribution < 1.29 is 9.90 Å². The lowest BCUT2D eigenvalue weighted by Gasteiger charge is -2.13. The highest BCUT2D eigenvalue weighted by atomic mass is 16.4. The first kappa shape index (κ1) is 13.9. The summed E-state index contributed by atoms with van der Waals surface area (Å²) in [5.41, 5.74) is 1.97. The normalized spacial score (nSPS) is 10.3. The first-order valence-corrected chi connectivity index (χ1v) is 6.15. The van der Waals surface area contributed by atoms with Gasteiger partial charge in [-0.15, -0.1) is 0 Å². The number of pyridine rings is 1. The van der Waals surface area contributed by atoms with Crippen LogP contribution in [0.3, 0.4) is 0 Å². The van der Waals surface area contributed by atoms with Crippen molar-refractivity contribution in [3.05, 3.63) is 51.9 Å². The van der Waals surface area contributed by atoms with Gasteiger partial charge in [-0.05, 0) is 30.7 Å². The van der Waals surface area contributed by atoms with E-state index in [2.05, 4.69) is 4.98 Å². The summed E-state index contributed by atoms with van der Waals surface area (Å²) in [6.45, 7) is 1.73. The van der Waals surface area contributed by atoms with E-state index >= 15 is 0 Å². The number of H-pyrrole nitrogens is 1. The molecular formula is C15H16N2O3. The molecule has 104 valence electrons. The molecule has 0 amide bonds. The molecule has 0 radical (unpaired) electrons. The Kier molecular flexibility index (Phi) is 3.61. The van der Waals surface area contributed by atoms with Crippen molar-refractivity contribution in [3.63, 3.8) is 0 Å². The van der Waals surface area contributed by atoms with Gasteiger partial charge in [-0.25, -0.2) is 4.79 Å². The number of aromatic carboxylic acids is 1. The third-order valence-electron chi connectivity index (χ3n) is 3.08. The van der Waals surface area contributed by atoms with Crippen LogP contribution in [0.5, 0.6) is 0 Å². The number of hydrogen-bond acceptors (Lipinski definition) is 3. The van der Waals surface area contributed by atoms with Crippen LogP contribution in [-0.2, 0) is 0 Å². The van der Waals surface area contributed by atoms with E-state index in [-0.39, 0.29) is 5.56 Å². The van der Waals surface area contributed by atoms with Crippen LogP contribution >= 0.6 is 0 Å². The molecule has 1 aromatic heterocycles. The van der Waals surface area contributed by atoms with E-state index in [0.717, 1.165) is 5.69 Å². The van der Waals surface area contributed by atoms with E-state index < -0.39 is 11.5 Å². The second-order valence-electron chi connectivity index (χ2n) is 4.82. The lowest BCUT2D eigenvalue weighted by molar-refractivity contribution is 0.0696. The molecule has 1 aromatic carbocycles. The molecule has 5 nitrogen and oxygen atoms in total. The van der Waals surface area contributed by atoms with Crippen molar-refractivity contribution in [3.8, 4) is 11.1 Å². The van der Waals surface area contributed by atoms with E-state index in [1.807, 2.05) is 43.3 Å². The summed E-state index contributed by atoms with van der Waals surface area (Å²) in [6, 6.07) is 9.08. The zero-order valence-corrected chi connectivity index (χ0v) is 11.6. The highest BCUT2D eigenvalue weighted by molar-refractivity contribution is 5.95. The fourth-order valence-corrected chi connectivity index (χ4v) is 2.07. The molecule has 0 fully saturated rings. The van der Waals surface area contributed by atoms with Crippen molar-refractivity contribution >= 4 is 11.7 Å². The molecule has 0 saturated carbocycles. The Morgan fingerprint density at radius 2 is 1.80 bits per heavy atom. The van der Waals surface area contributed by atoms with Crippen LogP contribution < -0.4 is 10.5 Å². The van der Waals surface area contributed by atoms with Crippen LogP contribution in [0, 0.1) is 6.92 Å². The average Bonchev–Trinajstić information content (AvgIpc) is 2.37. The minimum atomic E-state index is -1.22. The van der Waals surface area contributed by atoms with Gasteiger partial charge in [-0.3, -0.25) is 4.79 Å². The molecule has 2 N–H and O–H groups in total. The van der Waals surface area contributed by atoms with Crippen LogP contribution in [0.1, 0.15) is 16.1 Å². The first-order chi connectivity index (χ1) is 9.40. The van der Waals surface area contributed by atoms with Gasteiger partial charge in [0, 0.05) is 31.0 Å². The van der Waals surface area contributed by atoms with E-state index in [4.69, 9.17) is 0 Å². The molecular weight excluding hydrogens is 256 g/mol. The summed E-state index contributed by atoms with van der Waals surface area (Å²) in [5.74, 6) is -1.22. The number of carbonyl (C=O) groups is 1. The maximum Gasteiger partial charge on any atom is 0.341 e. The van der Waals surface area contributed by atoms with Crippen LogP contribution in [0.4, 0.5) is 5.69 Å². The lowest BCUT2D eigenvalue weighted by atomic mass is 10.00. The smallest absolute Gasteiger partial charge is 0.341 e. The number of benzene rings is 1. The number of aryl methyl sites for hydroxylation is 1. The molecule has 1 heterocycles. The largest absolute Gasteiger partial charge is 0.477 e. The van der Waals surface area contributed by atoms with E-state index in [1.54, 1.807) is 13.0 Å². The lowest BCUT2D eigenvalue weighted by Crippen LogP contribution is -2.19. The Hall–Kier alpha value is -2.56. The molecule has 5 heteroatoms. The molecule has 0 atom stereocenters. The van der Waals surface area contributed by atoms with Gasteiger partial charge in [-0.2, -0.15) is 0 Å². The molecule has 2 aromatic rings. The summed E-state index contributed by atoms with van der Waals surface area (Å²) < 4.78 is 0. The minimum Gasteiger partial charge on any atom is -0.477 e. The fourth-order valence-electron chi connectivity index (χ4n) is 2.07. The zero-order valence-electron chi connectivity index (χ0n) is 11.6. The Bertz CT molecular complexity index is 700. The minimum absolute atomic E-state index is 0.229. The van der Waals surface area contributed by atoms with Gasteiger partial charge < -0.3 is 15.0 Å². The molecule has 2 rings (SSSR count). The van der Waals surface area contributed by atoms with Gasteiger partial charge >= 0.3 is 5.97 Å². The van der Waals surface area contributed by atoms with Crippen LogP contribution in [0.25, 0.3) is 11.1 Å². The summed E-state index contributed by atoms with van der Waals surface area (Å²) >= 11 is 0. The summed E-state index contributed by atoms with van der Waals surface area (Å²) in [5, 5.41) is 9.21. The van der Waals surface area contributed by atoms with Crippen molar-refractivity contribution in [1.82, 2.24) is 4.98 Å². The zero-order chi connectivity index (χ0) is 14.9. The Morgan fingerprint density at radius 3 is 2.30 bits per heavy atom. The number of carboxylic acids is 1. The van der Waals surface area contributed by atoms with Crippen molar-refractivity contribution in [2.45, 2.75) is 6.92 Å². The average molecular weight is 272 g/mol. The highest BCUT2D eigenvalue weighted by Gasteiger charge is 2.17. The molecule has 0 aliphatic carbocycles. The van der Waals surface area contributed by atoms with E-state index in [9.17, 15) is 14.7 Å². The number of aromatic amines is 1. The topological polar surface area (TPSA) is 73.4 Å². The first-order valence-electron chi connectivity index (χ1n) is 6.15. The number of aromatic nitrogens is 1. The molecule has 20 heavy (non-hydrogen) atoms. The van der Waals surface area contributed by atoms with Crippen molar-refractivity contribution in [2.75, 3.05) is 19.0 Å². The van der Waals surface area contributed by atoms with Gasteiger partial charge in [0.05, 0.1) is 0 Å². The summed E-state index contributed by atoms with van der Waals surface area (Å²) in [4.78, 5) is 27.5. The quantitative estimate of drug-likeness (QED) is 0.897. The maximum absolute atomic E-state index is 11.8. The predicted molar refractivity (Wildman–Crippen MR) is 78.5 cm³/mol. The molecule has 0 aliphatic heterocycles. The van der Waals surface area contributed by atoms with Gasteiger partial charge in [0.1, 0.15) is 5.56 Å². The predicted octanol–water partition coefficient (Wildman–Crippen LogP) is 2.11. The summed E-state index contributed by atoms with van der Waals surface area (Å²) in [7, 11) is 3.85. The number of rotatable bonds is 3. The third kappa shape index (κ3) is 2.56. The van der Waals surface area contributed by atoms with Crippen LogP contribution in [0.2, 0.25) is 0 Å². The van der Waals surface area contributed by atoms with Gasteiger partial charge in [0.2, 0.25) is 0 Å². The molecule has 0 saturated heterocycles. The number of carboxylic acid groups (broad SMARTS) is 1. The molecule has 0 aliphatic rings. The fraction of sp³-hybridized carbons (Fsp3) is 0.200. The third-order valence-corrected chi connectivity index (χ3v) is 3.08. The van der Waals surface area contributed by atoms with Crippen LogP contribution in [0.15, 0.2) is 35.1 Å². The monoisotopic (exact) mass is 272 g/mol. The van der Waals surface area contributed by atoms with Gasteiger partial charge in [0.25, 0.3) is 5.56 Å². The van der Waals surface area contributed by atoms with Gasteiger partial charge in [0.15, 0.2) is 0 Å². The van der Waals surface area contributed by atoms with E-state index in [1.165, 1.54) is 0 Å². The standard InChI is InChI=1S/C15H16N2O3/c1-9-8-12(13(15(19)20)14(18)16-9)10-4-6-11(7-5-10)17(2)3/h4-8H,1-3H3,(H,16,18)(H,19,20). The second kappa shape index (κ2) is 5.21. The number of nitrogens with one attached hydrogen (secondary N) is 1. The van der Waals surface area contributed by atoms with E-state index in [0.29, 0.717) is 16.8 Å². The van der Waals surface area contributed by atoms with Crippen LogP contribution in [-0.4, -0.2) is 30.2 Å². The molecule has 0 bridgehead atoms. The van der Waals surface area contributed by atoms with Crippen molar-refractivity contribution in [2.24, 2.45) is 0 Å². The highest BCUT2D eigenvalue weighted by Crippen LogP contribution is 2.24. The Balaban J connectivity index is 2.62. The molecule has 0 spiro atoms. The maximum atomic E-state index is 11.8. The SMILES string of the molecule is Cc1cc(-c2ccc(N(C)C)cc2)c(C(=O)O)c(=O)[nH]1. The van der Waals surface area contributed by atoms with Crippen molar-refractivity contribution in [1.29, 1.82) is 0 Å².